The molecule has 0 atom stereocenters. The Hall–Kier alpha value is -1.75. The number of anilines is 3. The monoisotopic (exact) mass is 347 g/mol. The standard InChI is InChI=1S/C16H18BrN3O/c1-10-2-6-14(12(17)8-10)19-15-7-5-13(18)16(20-15)21-9-11-3-4-11/h2,5-8,11H,3-4,9,18H2,1H3,(H,19,20). The van der Waals surface area contributed by atoms with Crippen molar-refractivity contribution in [2.24, 2.45) is 5.92 Å². The fraction of sp³-hybridized carbons (Fsp3) is 0.312. The normalized spacial score (nSPS) is 14.0. The third kappa shape index (κ3) is 3.67. The summed E-state index contributed by atoms with van der Waals surface area (Å²) in [5, 5.41) is 3.28. The number of aryl methyl sites for hydroxylation is 1. The summed E-state index contributed by atoms with van der Waals surface area (Å²) in [4.78, 5) is 4.45. The second-order valence-electron chi connectivity index (χ2n) is 5.45. The van der Waals surface area contributed by atoms with Crippen LogP contribution in [0.4, 0.5) is 17.2 Å². The van der Waals surface area contributed by atoms with Crippen LogP contribution in [0, 0.1) is 12.8 Å². The van der Waals surface area contributed by atoms with Crippen LogP contribution in [0.1, 0.15) is 18.4 Å². The van der Waals surface area contributed by atoms with Crippen molar-refractivity contribution in [2.45, 2.75) is 19.8 Å². The number of aromatic nitrogens is 1. The predicted molar refractivity (Wildman–Crippen MR) is 89.0 cm³/mol. The molecule has 0 saturated heterocycles. The van der Waals surface area contributed by atoms with Crippen LogP contribution in [0.5, 0.6) is 5.88 Å². The predicted octanol–water partition coefficient (Wildman–Crippen LogP) is 4.27. The van der Waals surface area contributed by atoms with E-state index in [9.17, 15) is 0 Å². The molecule has 1 aliphatic rings. The first-order valence-corrected chi connectivity index (χ1v) is 7.83. The molecule has 1 aliphatic carbocycles. The van der Waals surface area contributed by atoms with Gasteiger partial charge in [-0.25, -0.2) is 0 Å². The van der Waals surface area contributed by atoms with E-state index in [1.807, 2.05) is 18.2 Å². The molecule has 3 rings (SSSR count). The van der Waals surface area contributed by atoms with E-state index in [0.29, 0.717) is 24.1 Å². The largest absolute Gasteiger partial charge is 0.476 e. The van der Waals surface area contributed by atoms with Gasteiger partial charge in [-0.3, -0.25) is 0 Å². The molecule has 1 saturated carbocycles. The SMILES string of the molecule is Cc1ccc(Nc2ccc(N)c(OCC3CC3)n2)c(Br)c1. The fourth-order valence-electron chi connectivity index (χ4n) is 1.98. The number of hydrogen-bond donors (Lipinski definition) is 2. The Kier molecular flexibility index (Phi) is 4.01. The van der Waals surface area contributed by atoms with Crippen LogP contribution in [-0.4, -0.2) is 11.6 Å². The first-order valence-electron chi connectivity index (χ1n) is 7.04. The zero-order valence-corrected chi connectivity index (χ0v) is 13.5. The zero-order valence-electron chi connectivity index (χ0n) is 11.9. The van der Waals surface area contributed by atoms with E-state index in [4.69, 9.17) is 10.5 Å². The minimum atomic E-state index is 0.509. The van der Waals surface area contributed by atoms with Gasteiger partial charge in [0.25, 0.3) is 0 Å². The molecule has 4 nitrogen and oxygen atoms in total. The van der Waals surface area contributed by atoms with Crippen molar-refractivity contribution in [3.05, 3.63) is 40.4 Å². The number of nitrogens with two attached hydrogens (primary N) is 1. The van der Waals surface area contributed by atoms with Crippen LogP contribution in [0.15, 0.2) is 34.8 Å². The zero-order chi connectivity index (χ0) is 14.8. The Balaban J connectivity index is 1.76. The minimum Gasteiger partial charge on any atom is -0.476 e. The number of nitrogens with zero attached hydrogens (tertiary/aromatic N) is 1. The maximum Gasteiger partial charge on any atom is 0.239 e. The number of nitrogen functional groups attached to an aromatic ring is 1. The van der Waals surface area contributed by atoms with Crippen LogP contribution in [0.2, 0.25) is 0 Å². The number of ether oxygens (including phenoxy) is 1. The Morgan fingerprint density at radius 1 is 1.33 bits per heavy atom. The van der Waals surface area contributed by atoms with Gasteiger partial charge in [-0.1, -0.05) is 6.07 Å². The topological polar surface area (TPSA) is 60.2 Å². The van der Waals surface area contributed by atoms with Gasteiger partial charge in [-0.05, 0) is 71.4 Å². The Morgan fingerprint density at radius 3 is 2.86 bits per heavy atom. The third-order valence-corrected chi connectivity index (χ3v) is 4.09. The Morgan fingerprint density at radius 2 is 2.14 bits per heavy atom. The highest BCUT2D eigenvalue weighted by Gasteiger charge is 2.22. The molecule has 1 aromatic carbocycles. The molecule has 21 heavy (non-hydrogen) atoms. The molecule has 110 valence electrons. The van der Waals surface area contributed by atoms with Crippen LogP contribution < -0.4 is 15.8 Å². The second-order valence-corrected chi connectivity index (χ2v) is 6.31. The van der Waals surface area contributed by atoms with E-state index in [0.717, 1.165) is 16.0 Å². The van der Waals surface area contributed by atoms with Gasteiger partial charge in [-0.2, -0.15) is 4.98 Å². The van der Waals surface area contributed by atoms with Gasteiger partial charge in [-0.15, -0.1) is 0 Å². The lowest BCUT2D eigenvalue weighted by Gasteiger charge is -2.12. The number of halogens is 1. The van der Waals surface area contributed by atoms with Crippen molar-refractivity contribution >= 4 is 33.1 Å². The number of pyridine rings is 1. The van der Waals surface area contributed by atoms with Crippen LogP contribution >= 0.6 is 15.9 Å². The maximum absolute atomic E-state index is 5.91. The van der Waals surface area contributed by atoms with Gasteiger partial charge < -0.3 is 15.8 Å². The summed E-state index contributed by atoms with van der Waals surface area (Å²) in [5.74, 6) is 1.91. The highest BCUT2D eigenvalue weighted by atomic mass is 79.9. The number of rotatable bonds is 5. The second kappa shape index (κ2) is 5.93. The van der Waals surface area contributed by atoms with Crippen LogP contribution in [-0.2, 0) is 0 Å². The van der Waals surface area contributed by atoms with Gasteiger partial charge >= 0.3 is 0 Å². The molecule has 0 radical (unpaired) electrons. The Bertz CT molecular complexity index is 656. The fourth-order valence-corrected chi connectivity index (χ4v) is 2.57. The van der Waals surface area contributed by atoms with E-state index in [2.05, 4.69) is 45.3 Å². The van der Waals surface area contributed by atoms with Crippen LogP contribution in [0.3, 0.4) is 0 Å². The summed E-state index contributed by atoms with van der Waals surface area (Å²) >= 11 is 3.55. The molecule has 0 bridgehead atoms. The lowest BCUT2D eigenvalue weighted by atomic mass is 10.2. The summed E-state index contributed by atoms with van der Waals surface area (Å²) in [6.45, 7) is 2.76. The summed E-state index contributed by atoms with van der Waals surface area (Å²) < 4.78 is 6.70. The van der Waals surface area contributed by atoms with Crippen molar-refractivity contribution in [2.75, 3.05) is 17.7 Å². The van der Waals surface area contributed by atoms with E-state index in [-0.39, 0.29) is 0 Å². The van der Waals surface area contributed by atoms with Crippen molar-refractivity contribution in [3.63, 3.8) is 0 Å². The average molecular weight is 348 g/mol. The van der Waals surface area contributed by atoms with Crippen molar-refractivity contribution in [1.82, 2.24) is 4.98 Å². The molecule has 1 heterocycles. The molecule has 1 aromatic heterocycles. The highest BCUT2D eigenvalue weighted by Crippen LogP contribution is 2.31. The lowest BCUT2D eigenvalue weighted by molar-refractivity contribution is 0.290. The van der Waals surface area contributed by atoms with E-state index >= 15 is 0 Å². The summed E-state index contributed by atoms with van der Waals surface area (Å²) in [5.41, 5.74) is 8.65. The van der Waals surface area contributed by atoms with Crippen molar-refractivity contribution in [1.29, 1.82) is 0 Å². The quantitative estimate of drug-likeness (QED) is 0.847. The van der Waals surface area contributed by atoms with Crippen LogP contribution in [0.25, 0.3) is 0 Å². The van der Waals surface area contributed by atoms with Gasteiger partial charge in [0.2, 0.25) is 5.88 Å². The number of nitrogens with one attached hydrogen (secondary N) is 1. The number of hydrogen-bond acceptors (Lipinski definition) is 4. The van der Waals surface area contributed by atoms with Gasteiger partial charge in [0.05, 0.1) is 18.0 Å². The highest BCUT2D eigenvalue weighted by molar-refractivity contribution is 9.10. The first kappa shape index (κ1) is 14.2. The van der Waals surface area contributed by atoms with E-state index in [1.165, 1.54) is 18.4 Å². The van der Waals surface area contributed by atoms with Gasteiger partial charge in [0.1, 0.15) is 5.82 Å². The molecule has 0 spiro atoms. The molecule has 3 N–H and O–H groups in total. The Labute approximate surface area is 132 Å². The minimum absolute atomic E-state index is 0.509. The maximum atomic E-state index is 5.91. The summed E-state index contributed by atoms with van der Waals surface area (Å²) in [6, 6.07) is 9.80. The smallest absolute Gasteiger partial charge is 0.239 e. The first-order chi connectivity index (χ1) is 10.1. The van der Waals surface area contributed by atoms with Gasteiger partial charge in [0, 0.05) is 4.47 Å². The molecule has 5 heteroatoms. The summed E-state index contributed by atoms with van der Waals surface area (Å²) in [6.07, 6.45) is 2.49. The summed E-state index contributed by atoms with van der Waals surface area (Å²) in [7, 11) is 0. The molecule has 0 aliphatic heterocycles. The van der Waals surface area contributed by atoms with Gasteiger partial charge in [0.15, 0.2) is 0 Å². The molecule has 0 amide bonds. The number of benzene rings is 1. The third-order valence-electron chi connectivity index (χ3n) is 3.43. The van der Waals surface area contributed by atoms with E-state index < -0.39 is 0 Å². The molecular formula is C16H18BrN3O. The average Bonchev–Trinajstić information content (AvgIpc) is 3.26. The molecule has 2 aromatic rings. The molecule has 0 unspecified atom stereocenters. The molecule has 1 fully saturated rings. The van der Waals surface area contributed by atoms with E-state index in [1.54, 1.807) is 0 Å². The van der Waals surface area contributed by atoms with Crippen molar-refractivity contribution in [3.8, 4) is 5.88 Å². The lowest BCUT2D eigenvalue weighted by Crippen LogP contribution is -2.05. The van der Waals surface area contributed by atoms with Crippen molar-refractivity contribution < 1.29 is 4.74 Å². The molecular weight excluding hydrogens is 330 g/mol.